The van der Waals surface area contributed by atoms with Gasteiger partial charge >= 0.3 is 5.97 Å². The fraction of sp³-hybridized carbons (Fsp3) is 0.400. The third-order valence-electron chi connectivity index (χ3n) is 3.29. The average molecular weight is 305 g/mol. The molecule has 6 heteroatoms. The van der Waals surface area contributed by atoms with Gasteiger partial charge in [-0.15, -0.1) is 11.3 Å². The van der Waals surface area contributed by atoms with Crippen molar-refractivity contribution in [2.24, 2.45) is 0 Å². The van der Waals surface area contributed by atoms with Gasteiger partial charge in [0, 0.05) is 29.4 Å². The van der Waals surface area contributed by atoms with E-state index in [4.69, 9.17) is 5.11 Å². The minimum atomic E-state index is -0.845. The predicted molar refractivity (Wildman–Crippen MR) is 83.3 cm³/mol. The molecule has 2 aromatic rings. The first-order valence-corrected chi connectivity index (χ1v) is 7.78. The topological polar surface area (TPSA) is 66.3 Å². The van der Waals surface area contributed by atoms with Crippen LogP contribution in [0.3, 0.4) is 0 Å². The van der Waals surface area contributed by atoms with Crippen molar-refractivity contribution in [1.29, 1.82) is 0 Å². The van der Waals surface area contributed by atoms with Crippen LogP contribution in [0.1, 0.15) is 24.4 Å². The highest BCUT2D eigenvalue weighted by atomic mass is 32.1. The Morgan fingerprint density at radius 2 is 1.95 bits per heavy atom. The summed E-state index contributed by atoms with van der Waals surface area (Å²) in [6.07, 6.45) is 3.41. The van der Waals surface area contributed by atoms with Crippen LogP contribution in [0.25, 0.3) is 10.6 Å². The van der Waals surface area contributed by atoms with E-state index in [-0.39, 0.29) is 6.42 Å². The zero-order chi connectivity index (χ0) is 15.2. The van der Waals surface area contributed by atoms with Crippen LogP contribution in [-0.4, -0.2) is 39.0 Å². The number of aromatic nitrogens is 2. The maximum absolute atomic E-state index is 11.0. The molecule has 2 heterocycles. The largest absolute Gasteiger partial charge is 0.481 e. The lowest BCUT2D eigenvalue weighted by Crippen LogP contribution is -2.22. The van der Waals surface area contributed by atoms with Crippen molar-refractivity contribution < 1.29 is 9.90 Å². The summed E-state index contributed by atoms with van der Waals surface area (Å²) in [5.41, 5.74) is 1.65. The van der Waals surface area contributed by atoms with Gasteiger partial charge in [0.2, 0.25) is 0 Å². The Hall–Kier alpha value is -1.79. The third-order valence-corrected chi connectivity index (χ3v) is 4.42. The van der Waals surface area contributed by atoms with Crippen LogP contribution < -0.4 is 0 Å². The van der Waals surface area contributed by atoms with Crippen molar-refractivity contribution in [2.75, 3.05) is 13.1 Å². The number of rotatable bonds is 7. The second kappa shape index (κ2) is 7.28. The van der Waals surface area contributed by atoms with E-state index in [1.165, 1.54) is 0 Å². The smallest absolute Gasteiger partial charge is 0.309 e. The predicted octanol–water partition coefficient (Wildman–Crippen LogP) is 2.67. The van der Waals surface area contributed by atoms with Gasteiger partial charge in [0.1, 0.15) is 5.01 Å². The Kier molecular flexibility index (Phi) is 5.41. The Morgan fingerprint density at radius 3 is 2.52 bits per heavy atom. The number of hydrogen-bond donors (Lipinski definition) is 1. The van der Waals surface area contributed by atoms with Crippen LogP contribution in [0.15, 0.2) is 24.5 Å². The maximum Gasteiger partial charge on any atom is 0.309 e. The minimum absolute atomic E-state index is 0.0296. The van der Waals surface area contributed by atoms with Crippen molar-refractivity contribution in [3.8, 4) is 10.6 Å². The molecular formula is C15H19N3O2S. The van der Waals surface area contributed by atoms with E-state index in [1.807, 2.05) is 12.1 Å². The Morgan fingerprint density at radius 1 is 1.29 bits per heavy atom. The van der Waals surface area contributed by atoms with Crippen LogP contribution >= 0.6 is 11.3 Å². The van der Waals surface area contributed by atoms with Gasteiger partial charge in [-0.05, 0) is 25.2 Å². The molecule has 21 heavy (non-hydrogen) atoms. The van der Waals surface area contributed by atoms with Crippen molar-refractivity contribution >= 4 is 17.3 Å². The summed E-state index contributed by atoms with van der Waals surface area (Å²) in [6.45, 7) is 6.83. The standard InChI is InChI=1S/C15H19N3O2S/c1-3-18(4-2)10-13-12(9-14(19)20)17-15(21-13)11-5-7-16-8-6-11/h5-8H,3-4,9-10H2,1-2H3,(H,19,20). The Labute approximate surface area is 128 Å². The molecule has 0 aliphatic heterocycles. The highest BCUT2D eigenvalue weighted by molar-refractivity contribution is 7.15. The van der Waals surface area contributed by atoms with E-state index >= 15 is 0 Å². The molecule has 0 saturated carbocycles. The first kappa shape index (κ1) is 15.6. The molecule has 0 unspecified atom stereocenters. The molecule has 1 N–H and O–H groups in total. The first-order chi connectivity index (χ1) is 10.1. The van der Waals surface area contributed by atoms with Gasteiger partial charge < -0.3 is 5.11 Å². The number of hydrogen-bond acceptors (Lipinski definition) is 5. The molecule has 2 aromatic heterocycles. The number of carboxylic acids is 1. The molecule has 2 rings (SSSR count). The van der Waals surface area contributed by atoms with Crippen molar-refractivity contribution in [3.63, 3.8) is 0 Å². The molecule has 0 amide bonds. The molecule has 0 bridgehead atoms. The number of nitrogens with zero attached hydrogens (tertiary/aromatic N) is 3. The third kappa shape index (κ3) is 4.09. The lowest BCUT2D eigenvalue weighted by Gasteiger charge is -2.17. The molecule has 0 radical (unpaired) electrons. The summed E-state index contributed by atoms with van der Waals surface area (Å²) in [4.78, 5) is 22.9. The molecule has 0 atom stereocenters. The van der Waals surface area contributed by atoms with E-state index in [9.17, 15) is 4.79 Å². The second-order valence-electron chi connectivity index (χ2n) is 4.66. The van der Waals surface area contributed by atoms with Crippen LogP contribution in [-0.2, 0) is 17.8 Å². The van der Waals surface area contributed by atoms with Gasteiger partial charge in [0.25, 0.3) is 0 Å². The Balaban J connectivity index is 2.33. The van der Waals surface area contributed by atoms with Crippen LogP contribution in [0.2, 0.25) is 0 Å². The van der Waals surface area contributed by atoms with Gasteiger partial charge in [-0.2, -0.15) is 0 Å². The molecule has 0 aliphatic rings. The molecule has 0 fully saturated rings. The summed E-state index contributed by atoms with van der Waals surface area (Å²) in [7, 11) is 0. The normalized spacial score (nSPS) is 11.0. The number of carbonyl (C=O) groups is 1. The maximum atomic E-state index is 11.0. The summed E-state index contributed by atoms with van der Waals surface area (Å²) in [5, 5.41) is 9.92. The molecule has 0 saturated heterocycles. The van der Waals surface area contributed by atoms with Gasteiger partial charge in [-0.1, -0.05) is 13.8 Å². The van der Waals surface area contributed by atoms with E-state index in [0.717, 1.165) is 35.1 Å². The number of carboxylic acid groups (broad SMARTS) is 1. The number of thiazole rings is 1. The SMILES string of the molecule is CCN(CC)Cc1sc(-c2ccncc2)nc1CC(=O)O. The highest BCUT2D eigenvalue weighted by Gasteiger charge is 2.16. The van der Waals surface area contributed by atoms with Gasteiger partial charge in [-0.25, -0.2) is 4.98 Å². The van der Waals surface area contributed by atoms with E-state index in [1.54, 1.807) is 23.7 Å². The van der Waals surface area contributed by atoms with Crippen molar-refractivity contribution in [3.05, 3.63) is 35.1 Å². The van der Waals surface area contributed by atoms with Crippen LogP contribution in [0.5, 0.6) is 0 Å². The fourth-order valence-corrected chi connectivity index (χ4v) is 3.18. The first-order valence-electron chi connectivity index (χ1n) is 6.97. The molecule has 0 aliphatic carbocycles. The van der Waals surface area contributed by atoms with E-state index in [0.29, 0.717) is 5.69 Å². The summed E-state index contributed by atoms with van der Waals surface area (Å²) in [6, 6.07) is 3.79. The van der Waals surface area contributed by atoms with Gasteiger partial charge in [-0.3, -0.25) is 14.7 Å². The molecule has 0 aromatic carbocycles. The monoisotopic (exact) mass is 305 g/mol. The lowest BCUT2D eigenvalue weighted by molar-refractivity contribution is -0.136. The van der Waals surface area contributed by atoms with Gasteiger partial charge in [0.15, 0.2) is 0 Å². The summed E-state index contributed by atoms with van der Waals surface area (Å²) >= 11 is 1.57. The lowest BCUT2D eigenvalue weighted by atomic mass is 10.2. The minimum Gasteiger partial charge on any atom is -0.481 e. The highest BCUT2D eigenvalue weighted by Crippen LogP contribution is 2.29. The number of aliphatic carboxylic acids is 1. The van der Waals surface area contributed by atoms with E-state index < -0.39 is 5.97 Å². The van der Waals surface area contributed by atoms with Crippen molar-refractivity contribution in [1.82, 2.24) is 14.9 Å². The zero-order valence-corrected chi connectivity index (χ0v) is 13.1. The molecular weight excluding hydrogens is 286 g/mol. The van der Waals surface area contributed by atoms with Crippen LogP contribution in [0.4, 0.5) is 0 Å². The molecule has 112 valence electrons. The quantitative estimate of drug-likeness (QED) is 0.852. The summed E-state index contributed by atoms with van der Waals surface area (Å²) < 4.78 is 0. The Bertz CT molecular complexity index is 594. The molecule has 5 nitrogen and oxygen atoms in total. The van der Waals surface area contributed by atoms with Crippen LogP contribution in [0, 0.1) is 0 Å². The number of pyridine rings is 1. The second-order valence-corrected chi connectivity index (χ2v) is 5.74. The van der Waals surface area contributed by atoms with Crippen molar-refractivity contribution in [2.45, 2.75) is 26.8 Å². The molecule has 0 spiro atoms. The zero-order valence-electron chi connectivity index (χ0n) is 12.2. The fourth-order valence-electron chi connectivity index (χ4n) is 2.06. The average Bonchev–Trinajstić information content (AvgIpc) is 2.87. The van der Waals surface area contributed by atoms with Gasteiger partial charge in [0.05, 0.1) is 12.1 Å². The van der Waals surface area contributed by atoms with E-state index in [2.05, 4.69) is 28.7 Å². The summed E-state index contributed by atoms with van der Waals surface area (Å²) in [5.74, 6) is -0.845.